The molecule has 1 aliphatic heterocycles. The fourth-order valence-electron chi connectivity index (χ4n) is 2.81. The third-order valence-electron chi connectivity index (χ3n) is 4.03. The lowest BCUT2D eigenvalue weighted by Crippen LogP contribution is -2.45. The normalized spacial score (nSPS) is 17.0. The zero-order valence-electron chi connectivity index (χ0n) is 13.2. The summed E-state index contributed by atoms with van der Waals surface area (Å²) < 4.78 is 0. The molecular formula is C17H24N4S. The van der Waals surface area contributed by atoms with Gasteiger partial charge in [0, 0.05) is 50.8 Å². The molecule has 0 bridgehead atoms. The van der Waals surface area contributed by atoms with Crippen molar-refractivity contribution in [2.75, 3.05) is 26.2 Å². The van der Waals surface area contributed by atoms with E-state index in [4.69, 9.17) is 4.98 Å². The number of piperazine rings is 1. The number of pyridine rings is 1. The Balaban J connectivity index is 1.45. The average Bonchev–Trinajstić information content (AvgIpc) is 2.98. The van der Waals surface area contributed by atoms with Gasteiger partial charge in [-0.05, 0) is 25.0 Å². The molecular weight excluding hydrogens is 292 g/mol. The summed E-state index contributed by atoms with van der Waals surface area (Å²) in [6.45, 7) is 8.64. The Labute approximate surface area is 136 Å². The standard InChI is InChI=1S/C17H24N4S/c1-2-5-17-19-16(14-22-17)13-21-10-8-20(9-11-21)12-15-6-3-4-7-18-15/h3-4,6-7,14H,2,5,8-13H2,1H3. The Bertz CT molecular complexity index is 561. The SMILES string of the molecule is CCCc1nc(CN2CCN(Cc3ccccn3)CC2)cs1. The molecule has 2 aromatic heterocycles. The first-order valence-corrected chi connectivity index (χ1v) is 8.99. The third-order valence-corrected chi connectivity index (χ3v) is 4.98. The minimum atomic E-state index is 0.964. The van der Waals surface area contributed by atoms with Crippen molar-refractivity contribution < 1.29 is 0 Å². The van der Waals surface area contributed by atoms with Crippen molar-refractivity contribution in [2.24, 2.45) is 0 Å². The highest BCUT2D eigenvalue weighted by Crippen LogP contribution is 2.15. The van der Waals surface area contributed by atoms with Crippen LogP contribution < -0.4 is 0 Å². The van der Waals surface area contributed by atoms with Crippen LogP contribution in [-0.4, -0.2) is 45.9 Å². The summed E-state index contributed by atoms with van der Waals surface area (Å²) in [5.41, 5.74) is 2.41. The van der Waals surface area contributed by atoms with Gasteiger partial charge >= 0.3 is 0 Å². The van der Waals surface area contributed by atoms with Gasteiger partial charge in [0.2, 0.25) is 0 Å². The molecule has 0 amide bonds. The molecule has 0 spiro atoms. The molecule has 2 aromatic rings. The van der Waals surface area contributed by atoms with Gasteiger partial charge in [-0.15, -0.1) is 11.3 Å². The van der Waals surface area contributed by atoms with Gasteiger partial charge in [0.15, 0.2) is 0 Å². The fourth-order valence-corrected chi connectivity index (χ4v) is 3.70. The van der Waals surface area contributed by atoms with Gasteiger partial charge in [-0.25, -0.2) is 4.98 Å². The molecule has 3 heterocycles. The second-order valence-electron chi connectivity index (χ2n) is 5.86. The molecule has 118 valence electrons. The van der Waals surface area contributed by atoms with Gasteiger partial charge in [0.05, 0.1) is 16.4 Å². The van der Waals surface area contributed by atoms with Crippen molar-refractivity contribution in [3.05, 3.63) is 46.2 Å². The predicted octanol–water partition coefficient (Wildman–Crippen LogP) is 2.81. The number of aromatic nitrogens is 2. The molecule has 0 aromatic carbocycles. The second-order valence-corrected chi connectivity index (χ2v) is 6.80. The first-order chi connectivity index (χ1) is 10.8. The van der Waals surface area contributed by atoms with E-state index in [1.54, 1.807) is 0 Å². The van der Waals surface area contributed by atoms with Crippen LogP contribution in [0.1, 0.15) is 29.7 Å². The lowest BCUT2D eigenvalue weighted by Gasteiger charge is -2.34. The summed E-state index contributed by atoms with van der Waals surface area (Å²) in [6, 6.07) is 6.15. The number of hydrogen-bond donors (Lipinski definition) is 0. The summed E-state index contributed by atoms with van der Waals surface area (Å²) in [4.78, 5) is 14.2. The van der Waals surface area contributed by atoms with Gasteiger partial charge in [-0.2, -0.15) is 0 Å². The highest BCUT2D eigenvalue weighted by atomic mass is 32.1. The van der Waals surface area contributed by atoms with Gasteiger partial charge < -0.3 is 0 Å². The Morgan fingerprint density at radius 3 is 2.41 bits per heavy atom. The molecule has 0 saturated carbocycles. The van der Waals surface area contributed by atoms with Crippen LogP contribution in [0.25, 0.3) is 0 Å². The largest absolute Gasteiger partial charge is 0.295 e. The predicted molar refractivity (Wildman–Crippen MR) is 90.9 cm³/mol. The molecule has 1 aliphatic rings. The molecule has 1 fully saturated rings. The minimum absolute atomic E-state index is 0.964. The van der Waals surface area contributed by atoms with Crippen LogP contribution in [0.4, 0.5) is 0 Å². The summed E-state index contributed by atoms with van der Waals surface area (Å²) in [5.74, 6) is 0. The molecule has 22 heavy (non-hydrogen) atoms. The maximum absolute atomic E-state index is 4.73. The number of hydrogen-bond acceptors (Lipinski definition) is 5. The van der Waals surface area contributed by atoms with Crippen LogP contribution in [0.2, 0.25) is 0 Å². The average molecular weight is 316 g/mol. The number of thiazole rings is 1. The van der Waals surface area contributed by atoms with Crippen molar-refractivity contribution in [3.63, 3.8) is 0 Å². The van der Waals surface area contributed by atoms with Crippen LogP contribution >= 0.6 is 11.3 Å². The zero-order valence-corrected chi connectivity index (χ0v) is 14.1. The number of rotatable bonds is 6. The molecule has 0 radical (unpaired) electrons. The van der Waals surface area contributed by atoms with E-state index >= 15 is 0 Å². The van der Waals surface area contributed by atoms with Gasteiger partial charge in [0.25, 0.3) is 0 Å². The van der Waals surface area contributed by atoms with E-state index in [1.165, 1.54) is 22.8 Å². The van der Waals surface area contributed by atoms with Crippen LogP contribution in [0, 0.1) is 0 Å². The van der Waals surface area contributed by atoms with E-state index in [0.717, 1.165) is 45.7 Å². The van der Waals surface area contributed by atoms with Crippen molar-refractivity contribution in [3.8, 4) is 0 Å². The van der Waals surface area contributed by atoms with Crippen LogP contribution in [0.3, 0.4) is 0 Å². The Morgan fingerprint density at radius 1 is 1.05 bits per heavy atom. The maximum atomic E-state index is 4.73. The first-order valence-electron chi connectivity index (χ1n) is 8.11. The third kappa shape index (κ3) is 4.35. The topological polar surface area (TPSA) is 32.3 Å². The van der Waals surface area contributed by atoms with Gasteiger partial charge in [0.1, 0.15) is 0 Å². The molecule has 4 nitrogen and oxygen atoms in total. The van der Waals surface area contributed by atoms with Crippen molar-refractivity contribution >= 4 is 11.3 Å². The van der Waals surface area contributed by atoms with E-state index in [9.17, 15) is 0 Å². The Morgan fingerprint density at radius 2 is 1.77 bits per heavy atom. The van der Waals surface area contributed by atoms with Gasteiger partial charge in [-0.1, -0.05) is 13.0 Å². The molecule has 0 atom stereocenters. The monoisotopic (exact) mass is 316 g/mol. The molecule has 3 rings (SSSR count). The fraction of sp³-hybridized carbons (Fsp3) is 0.529. The molecule has 5 heteroatoms. The van der Waals surface area contributed by atoms with E-state index in [2.05, 4.69) is 39.2 Å². The maximum Gasteiger partial charge on any atom is 0.0928 e. The lowest BCUT2D eigenvalue weighted by atomic mass is 10.2. The lowest BCUT2D eigenvalue weighted by molar-refractivity contribution is 0.120. The zero-order chi connectivity index (χ0) is 15.2. The van der Waals surface area contributed by atoms with Crippen LogP contribution in [0.15, 0.2) is 29.8 Å². The van der Waals surface area contributed by atoms with E-state index in [1.807, 2.05) is 23.6 Å². The van der Waals surface area contributed by atoms with E-state index < -0.39 is 0 Å². The molecule has 1 saturated heterocycles. The van der Waals surface area contributed by atoms with Crippen molar-refractivity contribution in [1.82, 2.24) is 19.8 Å². The number of aryl methyl sites for hydroxylation is 1. The van der Waals surface area contributed by atoms with Crippen LogP contribution in [-0.2, 0) is 19.5 Å². The number of nitrogens with zero attached hydrogens (tertiary/aromatic N) is 4. The molecule has 0 aliphatic carbocycles. The molecule has 0 N–H and O–H groups in total. The highest BCUT2D eigenvalue weighted by molar-refractivity contribution is 7.09. The Hall–Kier alpha value is -1.30. The van der Waals surface area contributed by atoms with Crippen molar-refractivity contribution in [1.29, 1.82) is 0 Å². The van der Waals surface area contributed by atoms with E-state index in [0.29, 0.717) is 0 Å². The summed E-state index contributed by atoms with van der Waals surface area (Å²) >= 11 is 1.81. The van der Waals surface area contributed by atoms with Crippen LogP contribution in [0.5, 0.6) is 0 Å². The summed E-state index contributed by atoms with van der Waals surface area (Å²) in [5, 5.41) is 3.51. The highest BCUT2D eigenvalue weighted by Gasteiger charge is 2.18. The smallest absolute Gasteiger partial charge is 0.0928 e. The van der Waals surface area contributed by atoms with Crippen molar-refractivity contribution in [2.45, 2.75) is 32.9 Å². The summed E-state index contributed by atoms with van der Waals surface area (Å²) in [6.07, 6.45) is 4.17. The second kappa shape index (κ2) is 7.81. The Kier molecular flexibility index (Phi) is 5.53. The minimum Gasteiger partial charge on any atom is -0.295 e. The van der Waals surface area contributed by atoms with Gasteiger partial charge in [-0.3, -0.25) is 14.8 Å². The van der Waals surface area contributed by atoms with E-state index in [-0.39, 0.29) is 0 Å². The first kappa shape index (κ1) is 15.6. The quantitative estimate of drug-likeness (QED) is 0.820. The molecule has 0 unspecified atom stereocenters. The summed E-state index contributed by atoms with van der Waals surface area (Å²) in [7, 11) is 0.